The highest BCUT2D eigenvalue weighted by Crippen LogP contribution is 2.32. The maximum Gasteiger partial charge on any atom is 0.269 e. The lowest BCUT2D eigenvalue weighted by molar-refractivity contribution is -0.384. The molecule has 126 valence electrons. The highest BCUT2D eigenvalue weighted by Gasteiger charge is 2.12. The van der Waals surface area contributed by atoms with Gasteiger partial charge in [0.1, 0.15) is 5.82 Å². The second-order valence-electron chi connectivity index (χ2n) is 5.77. The number of anilines is 1. The molecule has 1 unspecified atom stereocenters. The summed E-state index contributed by atoms with van der Waals surface area (Å²) in [6.07, 6.45) is 0. The number of non-ortho nitro benzene ring substituents is 1. The molecule has 5 heteroatoms. The van der Waals surface area contributed by atoms with Crippen LogP contribution in [0.1, 0.15) is 18.5 Å². The SMILES string of the molecule is CC(Nc1cc(F)ccc1-c1ccc([N+](=O)[O-])cc1)c1ccccc1. The van der Waals surface area contributed by atoms with Crippen LogP contribution in [0.25, 0.3) is 11.1 Å². The molecule has 1 N–H and O–H groups in total. The van der Waals surface area contributed by atoms with E-state index in [2.05, 4.69) is 5.32 Å². The molecule has 0 amide bonds. The van der Waals surface area contributed by atoms with Gasteiger partial charge in [0.25, 0.3) is 5.69 Å². The zero-order valence-corrected chi connectivity index (χ0v) is 13.6. The highest BCUT2D eigenvalue weighted by atomic mass is 19.1. The molecule has 0 aliphatic carbocycles. The smallest absolute Gasteiger partial charge is 0.269 e. The monoisotopic (exact) mass is 336 g/mol. The first-order valence-corrected chi connectivity index (χ1v) is 7.90. The number of nitro groups is 1. The minimum absolute atomic E-state index is 0.0141. The van der Waals surface area contributed by atoms with Gasteiger partial charge in [0.2, 0.25) is 0 Å². The molecule has 0 fully saturated rings. The summed E-state index contributed by atoms with van der Waals surface area (Å²) in [5.74, 6) is -0.339. The van der Waals surface area contributed by atoms with Crippen molar-refractivity contribution in [3.05, 3.63) is 94.3 Å². The van der Waals surface area contributed by atoms with Gasteiger partial charge in [-0.15, -0.1) is 0 Å². The van der Waals surface area contributed by atoms with Crippen LogP contribution in [0, 0.1) is 15.9 Å². The molecule has 0 radical (unpaired) electrons. The lowest BCUT2D eigenvalue weighted by atomic mass is 10.0. The number of nitro benzene ring substituents is 1. The van der Waals surface area contributed by atoms with Crippen molar-refractivity contribution < 1.29 is 9.31 Å². The fourth-order valence-electron chi connectivity index (χ4n) is 2.71. The number of hydrogen-bond acceptors (Lipinski definition) is 3. The molecule has 4 nitrogen and oxygen atoms in total. The van der Waals surface area contributed by atoms with Crippen molar-refractivity contribution in [3.8, 4) is 11.1 Å². The third-order valence-electron chi connectivity index (χ3n) is 4.04. The Morgan fingerprint density at radius 3 is 2.32 bits per heavy atom. The average molecular weight is 336 g/mol. The lowest BCUT2D eigenvalue weighted by Gasteiger charge is -2.19. The molecule has 1 atom stereocenters. The summed E-state index contributed by atoms with van der Waals surface area (Å²) < 4.78 is 13.8. The maximum absolute atomic E-state index is 13.8. The van der Waals surface area contributed by atoms with Gasteiger partial charge >= 0.3 is 0 Å². The van der Waals surface area contributed by atoms with Crippen LogP contribution in [0.4, 0.5) is 15.8 Å². The summed E-state index contributed by atoms with van der Waals surface area (Å²) in [5.41, 5.74) is 3.33. The molecule has 25 heavy (non-hydrogen) atoms. The predicted molar refractivity (Wildman–Crippen MR) is 97.0 cm³/mol. The van der Waals surface area contributed by atoms with Crippen molar-refractivity contribution in [3.63, 3.8) is 0 Å². The van der Waals surface area contributed by atoms with Crippen LogP contribution in [-0.2, 0) is 0 Å². The second-order valence-corrected chi connectivity index (χ2v) is 5.77. The van der Waals surface area contributed by atoms with Crippen molar-refractivity contribution >= 4 is 11.4 Å². The van der Waals surface area contributed by atoms with Crippen LogP contribution >= 0.6 is 0 Å². The van der Waals surface area contributed by atoms with Gasteiger partial charge < -0.3 is 5.32 Å². The van der Waals surface area contributed by atoms with Crippen LogP contribution in [0.5, 0.6) is 0 Å². The van der Waals surface area contributed by atoms with Crippen LogP contribution in [0.2, 0.25) is 0 Å². The summed E-state index contributed by atoms with van der Waals surface area (Å²) in [6, 6.07) is 20.6. The molecule has 0 spiro atoms. The summed E-state index contributed by atoms with van der Waals surface area (Å²) in [4.78, 5) is 10.4. The number of rotatable bonds is 5. The number of benzene rings is 3. The van der Waals surface area contributed by atoms with E-state index >= 15 is 0 Å². The van der Waals surface area contributed by atoms with E-state index in [0.717, 1.165) is 16.7 Å². The molecule has 0 bridgehead atoms. The lowest BCUT2D eigenvalue weighted by Crippen LogP contribution is -2.07. The van der Waals surface area contributed by atoms with Crippen LogP contribution in [0.3, 0.4) is 0 Å². The average Bonchev–Trinajstić information content (AvgIpc) is 2.63. The fraction of sp³-hybridized carbons (Fsp3) is 0.100. The van der Waals surface area contributed by atoms with E-state index in [1.807, 2.05) is 37.3 Å². The second kappa shape index (κ2) is 7.13. The Hall–Kier alpha value is -3.21. The largest absolute Gasteiger partial charge is 0.378 e. The van der Waals surface area contributed by atoms with Gasteiger partial charge in [0, 0.05) is 29.4 Å². The molecule has 0 aromatic heterocycles. The minimum Gasteiger partial charge on any atom is -0.378 e. The number of nitrogens with one attached hydrogen (secondary N) is 1. The molecule has 3 rings (SSSR count). The van der Waals surface area contributed by atoms with Crippen molar-refractivity contribution in [1.29, 1.82) is 0 Å². The van der Waals surface area contributed by atoms with Crippen LogP contribution in [0.15, 0.2) is 72.8 Å². The Morgan fingerprint density at radius 1 is 1.00 bits per heavy atom. The molecule has 0 heterocycles. The van der Waals surface area contributed by atoms with Crippen LogP contribution in [-0.4, -0.2) is 4.92 Å². The fourth-order valence-corrected chi connectivity index (χ4v) is 2.71. The standard InChI is InChI=1S/C20H17FN2O2/c1-14(15-5-3-2-4-6-15)22-20-13-17(21)9-12-19(20)16-7-10-18(11-8-16)23(24)25/h2-14,22H,1H3. The van der Waals surface area contributed by atoms with E-state index in [-0.39, 0.29) is 17.5 Å². The van der Waals surface area contributed by atoms with Gasteiger partial charge in [-0.3, -0.25) is 10.1 Å². The Kier molecular flexibility index (Phi) is 4.75. The summed E-state index contributed by atoms with van der Waals surface area (Å²) >= 11 is 0. The summed E-state index contributed by atoms with van der Waals surface area (Å²) in [7, 11) is 0. The van der Waals surface area contributed by atoms with Crippen molar-refractivity contribution in [2.75, 3.05) is 5.32 Å². The van der Waals surface area contributed by atoms with Crippen molar-refractivity contribution in [2.24, 2.45) is 0 Å². The Balaban J connectivity index is 1.94. The number of hydrogen-bond donors (Lipinski definition) is 1. The quantitative estimate of drug-likeness (QED) is 0.489. The zero-order chi connectivity index (χ0) is 17.8. The summed E-state index contributed by atoms with van der Waals surface area (Å²) in [6.45, 7) is 2.00. The maximum atomic E-state index is 13.8. The topological polar surface area (TPSA) is 55.2 Å². The summed E-state index contributed by atoms with van der Waals surface area (Å²) in [5, 5.41) is 14.1. The molecule has 0 aliphatic rings. The van der Waals surface area contributed by atoms with Crippen molar-refractivity contribution in [2.45, 2.75) is 13.0 Å². The molecule has 0 saturated heterocycles. The molecule has 3 aromatic rings. The normalized spacial score (nSPS) is 11.8. The van der Waals surface area contributed by atoms with Gasteiger partial charge in [-0.25, -0.2) is 4.39 Å². The molecule has 3 aromatic carbocycles. The third-order valence-corrected chi connectivity index (χ3v) is 4.04. The highest BCUT2D eigenvalue weighted by molar-refractivity contribution is 5.78. The molecular formula is C20H17FN2O2. The first kappa shape index (κ1) is 16.6. The predicted octanol–water partition coefficient (Wildman–Crippen LogP) is 5.57. The van der Waals surface area contributed by atoms with Gasteiger partial charge in [0.05, 0.1) is 4.92 Å². The number of halogens is 1. The first-order chi connectivity index (χ1) is 12.0. The Labute approximate surface area is 145 Å². The Morgan fingerprint density at radius 2 is 1.68 bits per heavy atom. The molecule has 0 saturated carbocycles. The zero-order valence-electron chi connectivity index (χ0n) is 13.6. The van der Waals surface area contributed by atoms with E-state index in [1.165, 1.54) is 24.3 Å². The third kappa shape index (κ3) is 3.83. The van der Waals surface area contributed by atoms with Gasteiger partial charge in [-0.1, -0.05) is 30.3 Å². The Bertz CT molecular complexity index is 880. The van der Waals surface area contributed by atoms with E-state index in [1.54, 1.807) is 18.2 Å². The van der Waals surface area contributed by atoms with Crippen molar-refractivity contribution in [1.82, 2.24) is 0 Å². The minimum atomic E-state index is -0.439. The van der Waals surface area contributed by atoms with Gasteiger partial charge in [0.15, 0.2) is 0 Å². The molecular weight excluding hydrogens is 319 g/mol. The first-order valence-electron chi connectivity index (χ1n) is 7.90. The number of nitrogens with zero attached hydrogens (tertiary/aromatic N) is 1. The molecule has 0 aliphatic heterocycles. The van der Waals surface area contributed by atoms with Crippen LogP contribution < -0.4 is 5.32 Å². The van der Waals surface area contributed by atoms with E-state index in [4.69, 9.17) is 0 Å². The van der Waals surface area contributed by atoms with E-state index in [0.29, 0.717) is 5.69 Å². The van der Waals surface area contributed by atoms with E-state index in [9.17, 15) is 14.5 Å². The van der Waals surface area contributed by atoms with E-state index < -0.39 is 4.92 Å². The van der Waals surface area contributed by atoms with Gasteiger partial charge in [-0.05, 0) is 48.4 Å². The van der Waals surface area contributed by atoms with Gasteiger partial charge in [-0.2, -0.15) is 0 Å².